The summed E-state index contributed by atoms with van der Waals surface area (Å²) < 4.78 is 5.51. The maximum absolute atomic E-state index is 12.7. The summed E-state index contributed by atoms with van der Waals surface area (Å²) in [6.07, 6.45) is 1.50. The number of ether oxygens (including phenoxy) is 1. The summed E-state index contributed by atoms with van der Waals surface area (Å²) in [6, 6.07) is 11.0. The molecule has 0 unspecified atom stereocenters. The summed E-state index contributed by atoms with van der Waals surface area (Å²) in [6.45, 7) is 0.311. The van der Waals surface area contributed by atoms with Crippen LogP contribution in [0.4, 0.5) is 5.69 Å². The first-order valence-corrected chi connectivity index (χ1v) is 8.95. The van der Waals surface area contributed by atoms with Gasteiger partial charge < -0.3 is 9.84 Å². The van der Waals surface area contributed by atoms with Gasteiger partial charge in [0.1, 0.15) is 10.1 Å². The van der Waals surface area contributed by atoms with Crippen LogP contribution in [0.15, 0.2) is 47.4 Å². The maximum atomic E-state index is 12.7. The lowest BCUT2D eigenvalue weighted by Gasteiger charge is -2.14. The Morgan fingerprint density at radius 2 is 1.96 bits per heavy atom. The molecule has 27 heavy (non-hydrogen) atoms. The number of hydrogen-bond acceptors (Lipinski definition) is 7. The summed E-state index contributed by atoms with van der Waals surface area (Å²) in [5, 5.41) is 22.4. The lowest BCUT2D eigenvalue weighted by atomic mass is 10.1. The fourth-order valence-electron chi connectivity index (χ4n) is 2.47. The normalized spacial score (nSPS) is 15.4. The maximum Gasteiger partial charge on any atom is 0.266 e. The Morgan fingerprint density at radius 1 is 1.26 bits per heavy atom. The lowest BCUT2D eigenvalue weighted by Crippen LogP contribution is -2.27. The summed E-state index contributed by atoms with van der Waals surface area (Å²) in [5.41, 5.74) is 0.753. The molecule has 1 heterocycles. The first kappa shape index (κ1) is 18.9. The Balaban J connectivity index is 1.81. The van der Waals surface area contributed by atoms with Crippen LogP contribution in [0, 0.1) is 10.1 Å². The Kier molecular flexibility index (Phi) is 5.43. The molecule has 1 aliphatic heterocycles. The van der Waals surface area contributed by atoms with Crippen LogP contribution in [0.25, 0.3) is 6.08 Å². The van der Waals surface area contributed by atoms with Crippen molar-refractivity contribution in [1.29, 1.82) is 0 Å². The highest BCUT2D eigenvalue weighted by Crippen LogP contribution is 2.34. The molecule has 9 heteroatoms. The Hall–Kier alpha value is -2.91. The van der Waals surface area contributed by atoms with E-state index < -0.39 is 16.4 Å². The van der Waals surface area contributed by atoms with Crippen molar-refractivity contribution in [3.8, 4) is 11.5 Å². The second-order valence-electron chi connectivity index (χ2n) is 5.60. The van der Waals surface area contributed by atoms with E-state index in [4.69, 9.17) is 17.0 Å². The van der Waals surface area contributed by atoms with Crippen molar-refractivity contribution >= 4 is 46.0 Å². The van der Waals surface area contributed by atoms with Crippen LogP contribution >= 0.6 is 24.0 Å². The molecule has 1 amide bonds. The van der Waals surface area contributed by atoms with Crippen LogP contribution in [0.3, 0.4) is 0 Å². The van der Waals surface area contributed by atoms with E-state index in [-0.39, 0.29) is 5.91 Å². The highest BCUT2D eigenvalue weighted by molar-refractivity contribution is 8.26. The van der Waals surface area contributed by atoms with Crippen LogP contribution in [0.5, 0.6) is 11.5 Å². The van der Waals surface area contributed by atoms with Gasteiger partial charge in [0.25, 0.3) is 11.6 Å². The molecule has 0 atom stereocenters. The van der Waals surface area contributed by atoms with Crippen molar-refractivity contribution in [1.82, 2.24) is 4.90 Å². The van der Waals surface area contributed by atoms with Crippen LogP contribution < -0.4 is 9.84 Å². The van der Waals surface area contributed by atoms with E-state index in [1.807, 2.05) is 12.1 Å². The number of thiocarbonyl (C=S) groups is 1. The standard InChI is InChI=1S/C18H14N2O5S2/c1-25-13-5-2-11(3-6-13)10-19-17(22)16(27-18(19)26)9-12-4-7-15(21)14(8-12)20(23)24/h2-9,21H,10H2,1H3/p-1/b16-9-. The molecule has 0 saturated carbocycles. The van der Waals surface area contributed by atoms with Crippen LogP contribution in [0.1, 0.15) is 11.1 Å². The number of nitro groups is 1. The average molecular weight is 401 g/mol. The zero-order chi connectivity index (χ0) is 19.6. The van der Waals surface area contributed by atoms with E-state index in [1.54, 1.807) is 19.2 Å². The number of carbonyl (C=O) groups excluding carboxylic acids is 1. The smallest absolute Gasteiger partial charge is 0.266 e. The molecule has 0 bridgehead atoms. The minimum absolute atomic E-state index is 0.283. The monoisotopic (exact) mass is 401 g/mol. The second kappa shape index (κ2) is 7.77. The quantitative estimate of drug-likeness (QED) is 0.329. The minimum atomic E-state index is -0.742. The molecule has 1 aliphatic rings. The van der Waals surface area contributed by atoms with E-state index in [0.29, 0.717) is 27.1 Å². The molecule has 2 aromatic carbocycles. The van der Waals surface area contributed by atoms with Crippen molar-refractivity contribution in [2.75, 3.05) is 7.11 Å². The number of thioether (sulfide) groups is 1. The summed E-state index contributed by atoms with van der Waals surface area (Å²) in [7, 11) is 1.57. The molecule has 1 saturated heterocycles. The SMILES string of the molecule is COc1ccc(CN2C(=O)/C(=C/c3ccc([O-])c([N+](=O)[O-])c3)SC2=S)cc1. The van der Waals surface area contributed by atoms with Crippen molar-refractivity contribution in [2.24, 2.45) is 0 Å². The molecule has 2 aromatic rings. The summed E-state index contributed by atoms with van der Waals surface area (Å²) in [4.78, 5) is 24.6. The molecule has 0 N–H and O–H groups in total. The van der Waals surface area contributed by atoms with Gasteiger partial charge >= 0.3 is 0 Å². The third kappa shape index (κ3) is 4.09. The van der Waals surface area contributed by atoms with Gasteiger partial charge in [0.15, 0.2) is 0 Å². The number of nitro benzene ring substituents is 1. The number of nitrogens with zero attached hydrogens (tertiary/aromatic N) is 2. The highest BCUT2D eigenvalue weighted by Gasteiger charge is 2.32. The molecule has 0 aromatic heterocycles. The third-order valence-electron chi connectivity index (χ3n) is 3.85. The molecule has 0 aliphatic carbocycles. The van der Waals surface area contributed by atoms with Gasteiger partial charge in [-0.05, 0) is 35.1 Å². The predicted molar refractivity (Wildman–Crippen MR) is 104 cm³/mol. The average Bonchev–Trinajstić information content (AvgIpc) is 2.91. The van der Waals surface area contributed by atoms with Crippen molar-refractivity contribution in [3.63, 3.8) is 0 Å². The zero-order valence-corrected chi connectivity index (χ0v) is 15.7. The number of carbonyl (C=O) groups is 1. The van der Waals surface area contributed by atoms with E-state index in [2.05, 4.69) is 0 Å². The van der Waals surface area contributed by atoms with Crippen LogP contribution in [-0.2, 0) is 11.3 Å². The number of methoxy groups -OCH3 is 1. The van der Waals surface area contributed by atoms with Crippen LogP contribution in [0.2, 0.25) is 0 Å². The Bertz CT molecular complexity index is 957. The van der Waals surface area contributed by atoms with Gasteiger partial charge in [0.05, 0.1) is 23.5 Å². The molecular weight excluding hydrogens is 388 g/mol. The van der Waals surface area contributed by atoms with E-state index in [9.17, 15) is 20.0 Å². The first-order valence-electron chi connectivity index (χ1n) is 7.73. The van der Waals surface area contributed by atoms with E-state index >= 15 is 0 Å². The molecule has 3 rings (SSSR count). The fourth-order valence-corrected chi connectivity index (χ4v) is 3.72. The Labute approximate surface area is 164 Å². The summed E-state index contributed by atoms with van der Waals surface area (Å²) >= 11 is 6.41. The van der Waals surface area contributed by atoms with Gasteiger partial charge in [-0.25, -0.2) is 0 Å². The summed E-state index contributed by atoms with van der Waals surface area (Å²) in [5.74, 6) is -0.244. The third-order valence-corrected chi connectivity index (χ3v) is 5.23. The van der Waals surface area contributed by atoms with Gasteiger partial charge in [0.2, 0.25) is 0 Å². The van der Waals surface area contributed by atoms with Gasteiger partial charge in [-0.15, -0.1) is 0 Å². The minimum Gasteiger partial charge on any atom is -0.868 e. The zero-order valence-electron chi connectivity index (χ0n) is 14.1. The molecule has 7 nitrogen and oxygen atoms in total. The van der Waals surface area contributed by atoms with Gasteiger partial charge in [-0.2, -0.15) is 0 Å². The lowest BCUT2D eigenvalue weighted by molar-refractivity contribution is -0.398. The van der Waals surface area contributed by atoms with E-state index in [1.165, 1.54) is 17.0 Å². The first-order chi connectivity index (χ1) is 12.9. The van der Waals surface area contributed by atoms with Gasteiger partial charge in [-0.1, -0.05) is 48.2 Å². The Morgan fingerprint density at radius 3 is 2.59 bits per heavy atom. The number of rotatable bonds is 5. The molecule has 0 radical (unpaired) electrons. The van der Waals surface area contributed by atoms with Crippen molar-refractivity contribution in [2.45, 2.75) is 6.54 Å². The predicted octanol–water partition coefficient (Wildman–Crippen LogP) is 3.08. The largest absolute Gasteiger partial charge is 0.868 e. The number of hydrogen-bond donors (Lipinski definition) is 0. The highest BCUT2D eigenvalue weighted by atomic mass is 32.2. The van der Waals surface area contributed by atoms with E-state index in [0.717, 1.165) is 29.5 Å². The van der Waals surface area contributed by atoms with Gasteiger partial charge in [0, 0.05) is 6.07 Å². The number of amides is 1. The molecular formula is C18H13N2O5S2-. The topological polar surface area (TPSA) is 95.7 Å². The van der Waals surface area contributed by atoms with Crippen molar-refractivity contribution < 1.29 is 19.6 Å². The molecule has 1 fully saturated rings. The second-order valence-corrected chi connectivity index (χ2v) is 7.28. The van der Waals surface area contributed by atoms with Crippen LogP contribution in [-0.4, -0.2) is 27.2 Å². The van der Waals surface area contributed by atoms with Crippen molar-refractivity contribution in [3.05, 3.63) is 68.6 Å². The molecule has 0 spiro atoms. The number of benzene rings is 2. The fraction of sp³-hybridized carbons (Fsp3) is 0.111. The van der Waals surface area contributed by atoms with Gasteiger partial charge in [-0.3, -0.25) is 19.8 Å². The molecule has 138 valence electrons.